The fraction of sp³-hybridized carbons (Fsp3) is 0.353. The van der Waals surface area contributed by atoms with Crippen LogP contribution in [-0.2, 0) is 13.1 Å². The maximum Gasteiger partial charge on any atom is 0.128 e. The quantitative estimate of drug-likeness (QED) is 0.884. The van der Waals surface area contributed by atoms with Crippen molar-refractivity contribution in [2.75, 3.05) is 11.9 Å². The highest BCUT2D eigenvalue weighted by molar-refractivity contribution is 5.52. The Kier molecular flexibility index (Phi) is 4.15. The van der Waals surface area contributed by atoms with E-state index in [2.05, 4.69) is 15.2 Å². The van der Waals surface area contributed by atoms with Crippen LogP contribution in [0.25, 0.3) is 0 Å². The highest BCUT2D eigenvalue weighted by Gasteiger charge is 2.21. The number of nitrogens with one attached hydrogen (secondary N) is 1. The van der Waals surface area contributed by atoms with E-state index in [1.165, 1.54) is 18.9 Å². The van der Waals surface area contributed by atoms with E-state index < -0.39 is 0 Å². The van der Waals surface area contributed by atoms with Crippen LogP contribution in [0.4, 0.5) is 10.1 Å². The Morgan fingerprint density at radius 2 is 2.05 bits per heavy atom. The lowest BCUT2D eigenvalue weighted by Crippen LogP contribution is -2.22. The molecule has 1 aliphatic carbocycles. The molecule has 1 heterocycles. The van der Waals surface area contributed by atoms with E-state index in [1.807, 2.05) is 31.4 Å². The second-order valence-corrected chi connectivity index (χ2v) is 5.61. The fourth-order valence-electron chi connectivity index (χ4n) is 2.44. The Hall–Kier alpha value is -1.94. The smallest absolute Gasteiger partial charge is 0.128 e. The number of hydrogen-bond acceptors (Lipinski definition) is 3. The molecule has 3 nitrogen and oxygen atoms in total. The van der Waals surface area contributed by atoms with Gasteiger partial charge in [0, 0.05) is 55.4 Å². The molecule has 0 aliphatic heterocycles. The van der Waals surface area contributed by atoms with Gasteiger partial charge in [-0.15, -0.1) is 0 Å². The summed E-state index contributed by atoms with van der Waals surface area (Å²) < 4.78 is 13.8. The lowest BCUT2D eigenvalue weighted by molar-refractivity contribution is 0.607. The molecular weight excluding hydrogens is 265 g/mol. The fourth-order valence-corrected chi connectivity index (χ4v) is 2.44. The van der Waals surface area contributed by atoms with Crippen molar-refractivity contribution in [2.45, 2.75) is 32.0 Å². The average Bonchev–Trinajstić information content (AvgIpc) is 3.32. The first-order chi connectivity index (χ1) is 10.2. The molecule has 110 valence electrons. The Morgan fingerprint density at radius 1 is 1.24 bits per heavy atom. The summed E-state index contributed by atoms with van der Waals surface area (Å²) in [6.07, 6.45) is 6.21. The molecule has 3 rings (SSSR count). The van der Waals surface area contributed by atoms with Crippen LogP contribution in [0.1, 0.15) is 24.0 Å². The van der Waals surface area contributed by atoms with Gasteiger partial charge in [0.1, 0.15) is 5.82 Å². The van der Waals surface area contributed by atoms with Gasteiger partial charge < -0.3 is 10.2 Å². The first kappa shape index (κ1) is 14.0. The molecule has 4 heteroatoms. The molecule has 2 aromatic rings. The lowest BCUT2D eigenvalue weighted by Gasteiger charge is -2.22. The van der Waals surface area contributed by atoms with Gasteiger partial charge in [0.2, 0.25) is 0 Å². The zero-order valence-electron chi connectivity index (χ0n) is 12.2. The minimum Gasteiger partial charge on any atom is -0.370 e. The molecule has 21 heavy (non-hydrogen) atoms. The van der Waals surface area contributed by atoms with E-state index in [4.69, 9.17) is 0 Å². The summed E-state index contributed by atoms with van der Waals surface area (Å²) in [5.74, 6) is -0.156. The van der Waals surface area contributed by atoms with Crippen LogP contribution in [0, 0.1) is 5.82 Å². The van der Waals surface area contributed by atoms with Crippen molar-refractivity contribution >= 4 is 5.69 Å². The molecule has 1 aromatic heterocycles. The first-order valence-electron chi connectivity index (χ1n) is 7.35. The van der Waals surface area contributed by atoms with Crippen molar-refractivity contribution in [2.24, 2.45) is 0 Å². The first-order valence-corrected chi connectivity index (χ1v) is 7.35. The highest BCUT2D eigenvalue weighted by Crippen LogP contribution is 2.23. The molecule has 1 fully saturated rings. The van der Waals surface area contributed by atoms with Crippen LogP contribution in [-0.4, -0.2) is 18.1 Å². The topological polar surface area (TPSA) is 28.2 Å². The molecule has 0 amide bonds. The molecular formula is C17H20FN3. The van der Waals surface area contributed by atoms with E-state index in [1.54, 1.807) is 12.3 Å². The Labute approximate surface area is 124 Å². The number of benzene rings is 1. The van der Waals surface area contributed by atoms with Crippen LogP contribution < -0.4 is 10.2 Å². The zero-order chi connectivity index (χ0) is 14.7. The standard InChI is InChI=1S/C17H20FN3/c1-21(12-13-4-2-3-5-16(13)18)17-8-9-19-10-14(17)11-20-15-6-7-15/h2-5,8-10,15,20H,6-7,11-12H2,1H3. The van der Waals surface area contributed by atoms with Gasteiger partial charge in [-0.25, -0.2) is 4.39 Å². The van der Waals surface area contributed by atoms with E-state index in [0.717, 1.165) is 17.8 Å². The summed E-state index contributed by atoms with van der Waals surface area (Å²) >= 11 is 0. The van der Waals surface area contributed by atoms with E-state index in [9.17, 15) is 4.39 Å². The van der Waals surface area contributed by atoms with Crippen molar-refractivity contribution in [3.8, 4) is 0 Å². The molecule has 0 radical (unpaired) electrons. The van der Waals surface area contributed by atoms with Crippen molar-refractivity contribution < 1.29 is 4.39 Å². The second kappa shape index (κ2) is 6.22. The number of rotatable bonds is 6. The van der Waals surface area contributed by atoms with Crippen LogP contribution in [0.15, 0.2) is 42.7 Å². The normalized spacial score (nSPS) is 14.2. The van der Waals surface area contributed by atoms with Crippen LogP contribution in [0.3, 0.4) is 0 Å². The maximum absolute atomic E-state index is 13.8. The van der Waals surface area contributed by atoms with Gasteiger partial charge in [-0.2, -0.15) is 0 Å². The molecule has 0 saturated heterocycles. The van der Waals surface area contributed by atoms with Crippen molar-refractivity contribution in [3.63, 3.8) is 0 Å². The van der Waals surface area contributed by atoms with Crippen molar-refractivity contribution in [1.82, 2.24) is 10.3 Å². The minimum absolute atomic E-state index is 0.156. The van der Waals surface area contributed by atoms with Gasteiger partial charge in [-0.3, -0.25) is 4.98 Å². The van der Waals surface area contributed by atoms with Gasteiger partial charge in [0.25, 0.3) is 0 Å². The summed E-state index contributed by atoms with van der Waals surface area (Å²) in [7, 11) is 1.99. The van der Waals surface area contributed by atoms with Gasteiger partial charge >= 0.3 is 0 Å². The predicted octanol–water partition coefficient (Wildman–Crippen LogP) is 3.11. The average molecular weight is 285 g/mol. The number of nitrogens with zero attached hydrogens (tertiary/aromatic N) is 2. The van der Waals surface area contributed by atoms with Gasteiger partial charge in [0.05, 0.1) is 0 Å². The minimum atomic E-state index is -0.156. The molecule has 0 atom stereocenters. The van der Waals surface area contributed by atoms with Crippen LogP contribution in [0.5, 0.6) is 0 Å². The second-order valence-electron chi connectivity index (χ2n) is 5.61. The van der Waals surface area contributed by atoms with Gasteiger partial charge in [0.15, 0.2) is 0 Å². The molecule has 0 spiro atoms. The highest BCUT2D eigenvalue weighted by atomic mass is 19.1. The predicted molar refractivity (Wildman–Crippen MR) is 82.6 cm³/mol. The van der Waals surface area contributed by atoms with Crippen molar-refractivity contribution in [3.05, 3.63) is 59.7 Å². The number of halogens is 1. The molecule has 1 aliphatic rings. The molecule has 1 aromatic carbocycles. The van der Waals surface area contributed by atoms with Crippen LogP contribution >= 0.6 is 0 Å². The maximum atomic E-state index is 13.8. The Balaban J connectivity index is 1.74. The molecule has 0 bridgehead atoms. The zero-order valence-corrected chi connectivity index (χ0v) is 12.2. The monoisotopic (exact) mass is 285 g/mol. The van der Waals surface area contributed by atoms with Gasteiger partial charge in [-0.05, 0) is 25.0 Å². The van der Waals surface area contributed by atoms with E-state index in [-0.39, 0.29) is 5.82 Å². The summed E-state index contributed by atoms with van der Waals surface area (Å²) in [5.41, 5.74) is 2.96. The number of anilines is 1. The van der Waals surface area contributed by atoms with E-state index >= 15 is 0 Å². The molecule has 1 N–H and O–H groups in total. The number of hydrogen-bond donors (Lipinski definition) is 1. The summed E-state index contributed by atoms with van der Waals surface area (Å²) in [6.45, 7) is 1.36. The van der Waals surface area contributed by atoms with E-state index in [0.29, 0.717) is 18.2 Å². The third-order valence-corrected chi connectivity index (χ3v) is 3.81. The molecule has 0 unspecified atom stereocenters. The largest absolute Gasteiger partial charge is 0.370 e. The third kappa shape index (κ3) is 3.58. The Bertz CT molecular complexity index is 610. The number of aromatic nitrogens is 1. The SMILES string of the molecule is CN(Cc1ccccc1F)c1ccncc1CNC1CC1. The van der Waals surface area contributed by atoms with Gasteiger partial charge in [-0.1, -0.05) is 18.2 Å². The molecule has 1 saturated carbocycles. The third-order valence-electron chi connectivity index (χ3n) is 3.81. The van der Waals surface area contributed by atoms with Crippen LogP contribution in [0.2, 0.25) is 0 Å². The summed E-state index contributed by atoms with van der Waals surface area (Å²) in [5, 5.41) is 3.50. The summed E-state index contributed by atoms with van der Waals surface area (Å²) in [6, 6.07) is 9.57. The lowest BCUT2D eigenvalue weighted by atomic mass is 10.1. The summed E-state index contributed by atoms with van der Waals surface area (Å²) in [4.78, 5) is 6.28. The van der Waals surface area contributed by atoms with Crippen molar-refractivity contribution in [1.29, 1.82) is 0 Å². The number of pyridine rings is 1. The Morgan fingerprint density at radius 3 is 2.81 bits per heavy atom.